The number of rotatable bonds is 6. The lowest BCUT2D eigenvalue weighted by Gasteiger charge is -2.06. The number of H-pyrrole nitrogens is 1. The zero-order valence-corrected chi connectivity index (χ0v) is 10.5. The molecule has 1 aromatic carbocycles. The van der Waals surface area contributed by atoms with Gasteiger partial charge in [0.05, 0.1) is 0 Å². The quantitative estimate of drug-likeness (QED) is 0.695. The van der Waals surface area contributed by atoms with Crippen molar-refractivity contribution < 1.29 is 9.90 Å². The molecule has 0 spiro atoms. The van der Waals surface area contributed by atoms with Gasteiger partial charge in [-0.1, -0.05) is 18.2 Å². The zero-order chi connectivity index (χ0) is 13.7. The molecule has 0 amide bonds. The third-order valence-electron chi connectivity index (χ3n) is 2.89. The highest BCUT2D eigenvalue weighted by molar-refractivity contribution is 5.83. The highest BCUT2D eigenvalue weighted by Crippen LogP contribution is 2.12. The van der Waals surface area contributed by atoms with Crippen LogP contribution in [0.25, 0.3) is 10.8 Å². The predicted molar refractivity (Wildman–Crippen MR) is 74.5 cm³/mol. The van der Waals surface area contributed by atoms with E-state index in [1.54, 1.807) is 6.07 Å². The van der Waals surface area contributed by atoms with Crippen molar-refractivity contribution in [3.63, 3.8) is 0 Å². The normalized spacial score (nSPS) is 10.5. The maximum absolute atomic E-state index is 11.8. The second-order valence-corrected chi connectivity index (χ2v) is 4.38. The first kappa shape index (κ1) is 13.1. The number of unbranched alkanes of at least 4 members (excludes halogenated alkanes) is 1. The number of benzene rings is 1. The smallest absolute Gasteiger partial charge is 0.303 e. The first-order valence-corrected chi connectivity index (χ1v) is 6.24. The number of fused-ring (bicyclic) bond motifs is 1. The minimum atomic E-state index is -0.779. The van der Waals surface area contributed by atoms with E-state index < -0.39 is 5.97 Å². The lowest BCUT2D eigenvalue weighted by molar-refractivity contribution is -0.137. The Morgan fingerprint density at radius 1 is 1.26 bits per heavy atom. The van der Waals surface area contributed by atoms with E-state index in [0.717, 1.165) is 11.8 Å². The highest BCUT2D eigenvalue weighted by Gasteiger charge is 2.01. The van der Waals surface area contributed by atoms with Gasteiger partial charge in [0.1, 0.15) is 5.82 Å². The number of aromatic amines is 1. The Labute approximate surface area is 110 Å². The van der Waals surface area contributed by atoms with E-state index in [0.29, 0.717) is 24.2 Å². The molecule has 1 aromatic heterocycles. The summed E-state index contributed by atoms with van der Waals surface area (Å²) >= 11 is 0. The molecule has 0 aliphatic heterocycles. The number of anilines is 1. The Hall–Kier alpha value is -2.30. The Bertz CT molecular complexity index is 634. The molecular formula is C14H16N2O3. The van der Waals surface area contributed by atoms with Crippen LogP contribution in [-0.2, 0) is 4.79 Å². The van der Waals surface area contributed by atoms with Crippen LogP contribution >= 0.6 is 0 Å². The Balaban J connectivity index is 1.98. The van der Waals surface area contributed by atoms with Crippen LogP contribution in [0.5, 0.6) is 0 Å². The molecule has 0 bridgehead atoms. The molecule has 2 aromatic rings. The van der Waals surface area contributed by atoms with Crippen molar-refractivity contribution in [2.45, 2.75) is 19.3 Å². The third-order valence-corrected chi connectivity index (χ3v) is 2.89. The third kappa shape index (κ3) is 3.58. The second kappa shape index (κ2) is 6.04. The molecule has 0 saturated heterocycles. The molecule has 0 saturated carbocycles. The van der Waals surface area contributed by atoms with Gasteiger partial charge in [0.2, 0.25) is 0 Å². The molecule has 5 nitrogen and oxygen atoms in total. The van der Waals surface area contributed by atoms with Crippen molar-refractivity contribution in [2.75, 3.05) is 11.9 Å². The molecule has 3 N–H and O–H groups in total. The van der Waals surface area contributed by atoms with E-state index in [9.17, 15) is 9.59 Å². The molecule has 5 heteroatoms. The molecule has 2 rings (SSSR count). The van der Waals surface area contributed by atoms with E-state index in [-0.39, 0.29) is 12.0 Å². The van der Waals surface area contributed by atoms with Crippen molar-refractivity contribution in [2.24, 2.45) is 0 Å². The summed E-state index contributed by atoms with van der Waals surface area (Å²) in [6.45, 7) is 0.640. The lowest BCUT2D eigenvalue weighted by Crippen LogP contribution is -2.11. The lowest BCUT2D eigenvalue weighted by atomic mass is 10.2. The van der Waals surface area contributed by atoms with E-state index in [1.165, 1.54) is 0 Å². The fraction of sp³-hybridized carbons (Fsp3) is 0.286. The summed E-state index contributed by atoms with van der Waals surface area (Å²) in [6.07, 6.45) is 1.55. The summed E-state index contributed by atoms with van der Waals surface area (Å²) in [6, 6.07) is 9.27. The Kier molecular flexibility index (Phi) is 4.18. The zero-order valence-electron chi connectivity index (χ0n) is 10.5. The fourth-order valence-corrected chi connectivity index (χ4v) is 1.93. The average Bonchev–Trinajstić information content (AvgIpc) is 2.38. The summed E-state index contributed by atoms with van der Waals surface area (Å²) in [7, 11) is 0. The topological polar surface area (TPSA) is 82.2 Å². The summed E-state index contributed by atoms with van der Waals surface area (Å²) in [5.41, 5.74) is -0.119. The molecular weight excluding hydrogens is 244 g/mol. The van der Waals surface area contributed by atoms with Crippen molar-refractivity contribution in [3.8, 4) is 0 Å². The fourth-order valence-electron chi connectivity index (χ4n) is 1.93. The van der Waals surface area contributed by atoms with Crippen LogP contribution in [0.4, 0.5) is 5.82 Å². The first-order valence-electron chi connectivity index (χ1n) is 6.24. The number of aliphatic carboxylic acids is 1. The number of carbonyl (C=O) groups is 1. The monoisotopic (exact) mass is 260 g/mol. The maximum atomic E-state index is 11.8. The van der Waals surface area contributed by atoms with Crippen LogP contribution in [-0.4, -0.2) is 22.6 Å². The summed E-state index contributed by atoms with van der Waals surface area (Å²) in [5.74, 6) is -0.113. The van der Waals surface area contributed by atoms with Gasteiger partial charge in [0.25, 0.3) is 5.56 Å². The standard InChI is InChI=1S/C14H16N2O3/c17-13(18)7-3-4-8-15-12-9-10-5-1-2-6-11(10)14(19)16-12/h1-2,5-6,9H,3-4,7-8H2,(H,17,18)(H2,15,16,19). The van der Waals surface area contributed by atoms with Gasteiger partial charge in [-0.05, 0) is 30.4 Å². The molecule has 0 radical (unpaired) electrons. The van der Waals surface area contributed by atoms with Gasteiger partial charge in [-0.15, -0.1) is 0 Å². The maximum Gasteiger partial charge on any atom is 0.303 e. The van der Waals surface area contributed by atoms with E-state index in [1.807, 2.05) is 24.3 Å². The first-order chi connectivity index (χ1) is 9.16. The minimum Gasteiger partial charge on any atom is -0.481 e. The van der Waals surface area contributed by atoms with Gasteiger partial charge in [0.15, 0.2) is 0 Å². The van der Waals surface area contributed by atoms with Crippen molar-refractivity contribution in [1.29, 1.82) is 0 Å². The van der Waals surface area contributed by atoms with Gasteiger partial charge < -0.3 is 15.4 Å². The summed E-state index contributed by atoms with van der Waals surface area (Å²) < 4.78 is 0. The van der Waals surface area contributed by atoms with Crippen molar-refractivity contribution >= 4 is 22.6 Å². The molecule has 100 valence electrons. The number of pyridine rings is 1. The Morgan fingerprint density at radius 2 is 2.05 bits per heavy atom. The molecule has 0 aliphatic carbocycles. The van der Waals surface area contributed by atoms with Gasteiger partial charge in [-0.2, -0.15) is 0 Å². The summed E-state index contributed by atoms with van der Waals surface area (Å²) in [5, 5.41) is 13.2. The largest absolute Gasteiger partial charge is 0.481 e. The van der Waals surface area contributed by atoms with Crippen LogP contribution < -0.4 is 10.9 Å². The molecule has 1 heterocycles. The van der Waals surface area contributed by atoms with Crippen LogP contribution in [0.3, 0.4) is 0 Å². The van der Waals surface area contributed by atoms with Crippen LogP contribution in [0, 0.1) is 0 Å². The van der Waals surface area contributed by atoms with Crippen LogP contribution in [0.1, 0.15) is 19.3 Å². The number of carboxylic acids is 1. The minimum absolute atomic E-state index is 0.119. The van der Waals surface area contributed by atoms with Gasteiger partial charge in [-0.25, -0.2) is 0 Å². The molecule has 19 heavy (non-hydrogen) atoms. The molecule has 0 aliphatic rings. The average molecular weight is 260 g/mol. The van der Waals surface area contributed by atoms with E-state index in [2.05, 4.69) is 10.3 Å². The number of nitrogens with one attached hydrogen (secondary N) is 2. The van der Waals surface area contributed by atoms with Crippen molar-refractivity contribution in [1.82, 2.24) is 4.98 Å². The van der Waals surface area contributed by atoms with E-state index >= 15 is 0 Å². The van der Waals surface area contributed by atoms with E-state index in [4.69, 9.17) is 5.11 Å². The van der Waals surface area contributed by atoms with Crippen LogP contribution in [0.15, 0.2) is 35.1 Å². The number of hydrogen-bond acceptors (Lipinski definition) is 3. The molecule has 0 fully saturated rings. The van der Waals surface area contributed by atoms with Gasteiger partial charge >= 0.3 is 5.97 Å². The number of carboxylic acid groups (broad SMARTS) is 1. The Morgan fingerprint density at radius 3 is 2.84 bits per heavy atom. The number of aromatic nitrogens is 1. The van der Waals surface area contributed by atoms with Crippen LogP contribution in [0.2, 0.25) is 0 Å². The van der Waals surface area contributed by atoms with Gasteiger partial charge in [0, 0.05) is 18.4 Å². The predicted octanol–water partition coefficient (Wildman–Crippen LogP) is 2.19. The summed E-state index contributed by atoms with van der Waals surface area (Å²) in [4.78, 5) is 24.9. The number of hydrogen-bond donors (Lipinski definition) is 3. The second-order valence-electron chi connectivity index (χ2n) is 4.38. The van der Waals surface area contributed by atoms with Gasteiger partial charge in [-0.3, -0.25) is 9.59 Å². The molecule has 0 unspecified atom stereocenters. The molecule has 0 atom stereocenters. The highest BCUT2D eigenvalue weighted by atomic mass is 16.4. The van der Waals surface area contributed by atoms with Crippen molar-refractivity contribution in [3.05, 3.63) is 40.7 Å². The SMILES string of the molecule is O=C(O)CCCCNc1cc2ccccc2c(=O)[nH]1.